The molecule has 0 radical (unpaired) electrons. The van der Waals surface area contributed by atoms with E-state index in [0.29, 0.717) is 6.10 Å². The molecular formula is C12H21BrN4O. The average Bonchev–Trinajstić information content (AvgIpc) is 3.01. The van der Waals surface area contributed by atoms with E-state index in [4.69, 9.17) is 10.6 Å². The van der Waals surface area contributed by atoms with E-state index in [2.05, 4.69) is 33.4 Å². The zero-order valence-corrected chi connectivity index (χ0v) is 12.3. The van der Waals surface area contributed by atoms with Crippen molar-refractivity contribution >= 4 is 15.9 Å². The molecule has 1 aliphatic rings. The molecule has 102 valence electrons. The summed E-state index contributed by atoms with van der Waals surface area (Å²) in [5.41, 5.74) is 4.02. The molecule has 0 spiro atoms. The fourth-order valence-corrected chi connectivity index (χ4v) is 3.07. The second-order valence-electron chi connectivity index (χ2n) is 4.63. The lowest BCUT2D eigenvalue weighted by atomic mass is 10.0. The molecule has 2 atom stereocenters. The number of aryl methyl sites for hydroxylation is 1. The lowest BCUT2D eigenvalue weighted by Gasteiger charge is -2.19. The van der Waals surface area contributed by atoms with Gasteiger partial charge in [0.25, 0.3) is 0 Å². The van der Waals surface area contributed by atoms with Gasteiger partial charge in [-0.3, -0.25) is 16.0 Å². The molecule has 1 saturated heterocycles. The Morgan fingerprint density at radius 2 is 2.56 bits per heavy atom. The van der Waals surface area contributed by atoms with Gasteiger partial charge in [-0.15, -0.1) is 0 Å². The van der Waals surface area contributed by atoms with Gasteiger partial charge in [0.2, 0.25) is 0 Å². The van der Waals surface area contributed by atoms with E-state index in [-0.39, 0.29) is 6.04 Å². The Morgan fingerprint density at radius 1 is 1.72 bits per heavy atom. The number of nitrogens with one attached hydrogen (secondary N) is 1. The Morgan fingerprint density at radius 3 is 3.17 bits per heavy atom. The topological polar surface area (TPSA) is 65.1 Å². The third-order valence-electron chi connectivity index (χ3n) is 3.47. The van der Waals surface area contributed by atoms with Gasteiger partial charge < -0.3 is 4.74 Å². The zero-order chi connectivity index (χ0) is 13.0. The van der Waals surface area contributed by atoms with Crippen molar-refractivity contribution in [3.05, 3.63) is 16.4 Å². The van der Waals surface area contributed by atoms with Crippen molar-refractivity contribution in [2.75, 3.05) is 6.61 Å². The summed E-state index contributed by atoms with van der Waals surface area (Å²) in [4.78, 5) is 0. The second kappa shape index (κ2) is 6.65. The van der Waals surface area contributed by atoms with Crippen molar-refractivity contribution in [3.8, 4) is 0 Å². The van der Waals surface area contributed by atoms with Gasteiger partial charge >= 0.3 is 0 Å². The molecule has 2 rings (SSSR count). The van der Waals surface area contributed by atoms with Gasteiger partial charge in [-0.05, 0) is 48.5 Å². The number of hydrogen-bond acceptors (Lipinski definition) is 4. The van der Waals surface area contributed by atoms with Gasteiger partial charge in [-0.2, -0.15) is 5.10 Å². The van der Waals surface area contributed by atoms with Crippen LogP contribution in [0.3, 0.4) is 0 Å². The van der Waals surface area contributed by atoms with Crippen LogP contribution in [0.1, 0.15) is 44.3 Å². The van der Waals surface area contributed by atoms with Crippen molar-refractivity contribution in [3.63, 3.8) is 0 Å². The summed E-state index contributed by atoms with van der Waals surface area (Å²) in [6.45, 7) is 3.83. The molecule has 0 aromatic carbocycles. The molecule has 1 aromatic heterocycles. The number of hydrogen-bond donors (Lipinski definition) is 2. The molecule has 2 heterocycles. The summed E-state index contributed by atoms with van der Waals surface area (Å²) in [6, 6.07) is 0.117. The van der Waals surface area contributed by atoms with Crippen LogP contribution in [0, 0.1) is 0 Å². The first-order valence-corrected chi connectivity index (χ1v) is 7.34. The van der Waals surface area contributed by atoms with Crippen LogP contribution in [0.2, 0.25) is 0 Å². The molecule has 0 saturated carbocycles. The van der Waals surface area contributed by atoms with Crippen molar-refractivity contribution in [1.29, 1.82) is 0 Å². The van der Waals surface area contributed by atoms with Crippen LogP contribution in [0.4, 0.5) is 0 Å². The van der Waals surface area contributed by atoms with Crippen LogP contribution >= 0.6 is 15.9 Å². The van der Waals surface area contributed by atoms with E-state index in [1.807, 2.05) is 10.9 Å². The van der Waals surface area contributed by atoms with E-state index in [1.165, 1.54) is 12.8 Å². The molecule has 0 aliphatic carbocycles. The van der Waals surface area contributed by atoms with Gasteiger partial charge in [-0.25, -0.2) is 0 Å². The monoisotopic (exact) mass is 316 g/mol. The normalized spacial score (nSPS) is 21.4. The van der Waals surface area contributed by atoms with Gasteiger partial charge in [0.05, 0.1) is 28.5 Å². The molecular weight excluding hydrogens is 296 g/mol. The number of nitrogens with two attached hydrogens (primary N) is 1. The Balaban J connectivity index is 2.00. The second-order valence-corrected chi connectivity index (χ2v) is 5.48. The molecule has 6 heteroatoms. The Labute approximate surface area is 116 Å². The molecule has 1 aromatic rings. The van der Waals surface area contributed by atoms with Crippen LogP contribution in [0.15, 0.2) is 10.7 Å². The van der Waals surface area contributed by atoms with E-state index in [1.54, 1.807) is 0 Å². The fraction of sp³-hybridized carbons (Fsp3) is 0.750. The Kier molecular flexibility index (Phi) is 5.17. The molecule has 0 bridgehead atoms. The van der Waals surface area contributed by atoms with Gasteiger partial charge in [0, 0.05) is 13.2 Å². The third kappa shape index (κ3) is 3.12. The Hall–Kier alpha value is -0.430. The van der Waals surface area contributed by atoms with Gasteiger partial charge in [0.15, 0.2) is 0 Å². The van der Waals surface area contributed by atoms with E-state index >= 15 is 0 Å². The highest BCUT2D eigenvalue weighted by atomic mass is 79.9. The SMILES string of the molecule is CCn1ncc(Br)c1C(CCC1CCCO1)NN. The highest BCUT2D eigenvalue weighted by Gasteiger charge is 2.22. The van der Waals surface area contributed by atoms with Crippen molar-refractivity contribution in [2.24, 2.45) is 5.84 Å². The highest BCUT2D eigenvalue weighted by molar-refractivity contribution is 9.10. The number of rotatable bonds is 6. The fourth-order valence-electron chi connectivity index (χ4n) is 2.49. The van der Waals surface area contributed by atoms with Gasteiger partial charge in [-0.1, -0.05) is 0 Å². The highest BCUT2D eigenvalue weighted by Crippen LogP contribution is 2.28. The molecule has 1 aliphatic heterocycles. The number of ether oxygens (including phenoxy) is 1. The molecule has 2 unspecified atom stereocenters. The summed E-state index contributed by atoms with van der Waals surface area (Å²) >= 11 is 3.54. The smallest absolute Gasteiger partial charge is 0.0709 e. The predicted octanol–water partition coefficient (Wildman–Crippen LogP) is 2.13. The Bertz CT molecular complexity index is 376. The largest absolute Gasteiger partial charge is 0.378 e. The first-order chi connectivity index (χ1) is 8.76. The lowest BCUT2D eigenvalue weighted by Crippen LogP contribution is -2.31. The van der Waals surface area contributed by atoms with E-state index < -0.39 is 0 Å². The van der Waals surface area contributed by atoms with E-state index in [9.17, 15) is 0 Å². The zero-order valence-electron chi connectivity index (χ0n) is 10.7. The van der Waals surface area contributed by atoms with Crippen LogP contribution in [0.25, 0.3) is 0 Å². The summed E-state index contributed by atoms with van der Waals surface area (Å²) in [5, 5.41) is 4.33. The number of hydrazine groups is 1. The summed E-state index contributed by atoms with van der Waals surface area (Å²) in [6.07, 6.45) is 6.59. The van der Waals surface area contributed by atoms with Gasteiger partial charge in [0.1, 0.15) is 0 Å². The molecule has 18 heavy (non-hydrogen) atoms. The maximum Gasteiger partial charge on any atom is 0.0709 e. The van der Waals surface area contributed by atoms with Crippen LogP contribution in [0.5, 0.6) is 0 Å². The summed E-state index contributed by atoms with van der Waals surface area (Å²) in [7, 11) is 0. The maximum atomic E-state index is 5.69. The molecule has 0 amide bonds. The minimum absolute atomic E-state index is 0.117. The number of aromatic nitrogens is 2. The standard InChI is InChI=1S/C12H21BrN4O/c1-2-17-12(10(13)8-15-17)11(16-14)6-5-9-4-3-7-18-9/h8-9,11,16H,2-7,14H2,1H3. The predicted molar refractivity (Wildman–Crippen MR) is 73.9 cm³/mol. The number of nitrogens with zero attached hydrogens (tertiary/aromatic N) is 2. The minimum atomic E-state index is 0.117. The lowest BCUT2D eigenvalue weighted by molar-refractivity contribution is 0.0993. The summed E-state index contributed by atoms with van der Waals surface area (Å²) < 4.78 is 8.64. The number of halogens is 1. The quantitative estimate of drug-likeness (QED) is 0.623. The first-order valence-electron chi connectivity index (χ1n) is 6.55. The van der Waals surface area contributed by atoms with Crippen molar-refractivity contribution < 1.29 is 4.74 Å². The maximum absolute atomic E-state index is 5.69. The van der Waals surface area contributed by atoms with Crippen LogP contribution in [-0.4, -0.2) is 22.5 Å². The molecule has 1 fully saturated rings. The van der Waals surface area contributed by atoms with Crippen molar-refractivity contribution in [2.45, 2.75) is 51.3 Å². The molecule has 5 nitrogen and oxygen atoms in total. The summed E-state index contributed by atoms with van der Waals surface area (Å²) in [5.74, 6) is 5.69. The molecule has 3 N–H and O–H groups in total. The van der Waals surface area contributed by atoms with Crippen LogP contribution in [-0.2, 0) is 11.3 Å². The first kappa shape index (κ1) is 14.0. The van der Waals surface area contributed by atoms with Crippen molar-refractivity contribution in [1.82, 2.24) is 15.2 Å². The third-order valence-corrected chi connectivity index (χ3v) is 4.08. The average molecular weight is 317 g/mol. The van der Waals surface area contributed by atoms with Crippen LogP contribution < -0.4 is 11.3 Å². The minimum Gasteiger partial charge on any atom is -0.378 e. The van der Waals surface area contributed by atoms with E-state index in [0.717, 1.165) is 36.2 Å².